The molecule has 0 spiro atoms. The highest BCUT2D eigenvalue weighted by Crippen LogP contribution is 2.15. The summed E-state index contributed by atoms with van der Waals surface area (Å²) in [5, 5.41) is 5.11. The van der Waals surface area contributed by atoms with Crippen molar-refractivity contribution < 1.29 is 18.8 Å². The molecule has 7 nitrogen and oxygen atoms in total. The largest absolute Gasteiger partial charge is 0.464 e. The van der Waals surface area contributed by atoms with Crippen LogP contribution in [0.4, 0.5) is 5.69 Å². The Morgan fingerprint density at radius 3 is 2.23 bits per heavy atom. The van der Waals surface area contributed by atoms with Crippen molar-refractivity contribution in [1.82, 2.24) is 10.2 Å². The number of rotatable bonds is 5. The molecule has 0 unspecified atom stereocenters. The normalized spacial score (nSPS) is 11.5. The molecule has 3 amide bonds. The van der Waals surface area contributed by atoms with Crippen molar-refractivity contribution in [3.63, 3.8) is 0 Å². The lowest BCUT2D eigenvalue weighted by Crippen LogP contribution is -2.36. The van der Waals surface area contributed by atoms with Gasteiger partial charge in [0, 0.05) is 19.8 Å². The Kier molecular flexibility index (Phi) is 6.16. The summed E-state index contributed by atoms with van der Waals surface area (Å²) < 4.78 is 5.43. The molecule has 2 rings (SSSR count). The van der Waals surface area contributed by atoms with Gasteiger partial charge in [0.2, 0.25) is 5.91 Å². The summed E-state index contributed by atoms with van der Waals surface area (Å²) in [5.74, 6) is -0.212. The minimum absolute atomic E-state index is 0.0108. The van der Waals surface area contributed by atoms with Crippen molar-refractivity contribution in [1.29, 1.82) is 0 Å². The summed E-state index contributed by atoms with van der Waals surface area (Å²) in [7, 11) is 3.39. The third-order valence-corrected chi connectivity index (χ3v) is 3.81. The number of benzene rings is 1. The Morgan fingerprint density at radius 2 is 1.69 bits per heavy atom. The number of furan rings is 1. The zero-order valence-electron chi connectivity index (χ0n) is 15.3. The molecule has 2 aromatic rings. The Hall–Kier alpha value is -3.09. The van der Waals surface area contributed by atoms with Gasteiger partial charge < -0.3 is 20.0 Å². The molecule has 138 valence electrons. The lowest BCUT2D eigenvalue weighted by Gasteiger charge is -2.12. The van der Waals surface area contributed by atoms with Crippen molar-refractivity contribution in [2.45, 2.75) is 26.3 Å². The lowest BCUT2D eigenvalue weighted by atomic mass is 10.1. The van der Waals surface area contributed by atoms with Crippen LogP contribution < -0.4 is 10.6 Å². The Morgan fingerprint density at radius 1 is 1.04 bits per heavy atom. The smallest absolute Gasteiger partial charge is 0.313 e. The zero-order chi connectivity index (χ0) is 19.3. The number of anilines is 1. The van der Waals surface area contributed by atoms with Crippen molar-refractivity contribution in [3.05, 3.63) is 53.5 Å². The van der Waals surface area contributed by atoms with E-state index in [1.165, 1.54) is 4.90 Å². The van der Waals surface area contributed by atoms with Crippen LogP contribution in [0.3, 0.4) is 0 Å². The number of amides is 3. The first-order valence-corrected chi connectivity index (χ1v) is 8.23. The van der Waals surface area contributed by atoms with Crippen LogP contribution in [0.25, 0.3) is 0 Å². The van der Waals surface area contributed by atoms with Crippen LogP contribution in [0, 0.1) is 6.92 Å². The van der Waals surface area contributed by atoms with Gasteiger partial charge in [0.15, 0.2) is 0 Å². The van der Waals surface area contributed by atoms with Crippen LogP contribution in [0.15, 0.2) is 40.8 Å². The fourth-order valence-electron chi connectivity index (χ4n) is 2.25. The Bertz CT molecular complexity index is 793. The van der Waals surface area contributed by atoms with E-state index < -0.39 is 17.9 Å². The summed E-state index contributed by atoms with van der Waals surface area (Å²) in [5.41, 5.74) is 1.31. The third kappa shape index (κ3) is 5.20. The van der Waals surface area contributed by atoms with E-state index in [0.29, 0.717) is 11.4 Å². The van der Waals surface area contributed by atoms with Gasteiger partial charge in [-0.05, 0) is 43.7 Å². The van der Waals surface area contributed by atoms with Crippen LogP contribution in [0.1, 0.15) is 30.0 Å². The van der Waals surface area contributed by atoms with Gasteiger partial charge >= 0.3 is 11.8 Å². The molecular weight excluding hydrogens is 334 g/mol. The van der Waals surface area contributed by atoms with E-state index in [0.717, 1.165) is 11.3 Å². The molecule has 0 fully saturated rings. The van der Waals surface area contributed by atoms with E-state index in [-0.39, 0.29) is 12.3 Å². The van der Waals surface area contributed by atoms with Gasteiger partial charge in [0.1, 0.15) is 11.5 Å². The van der Waals surface area contributed by atoms with Crippen LogP contribution in [-0.2, 0) is 20.8 Å². The fraction of sp³-hybridized carbons (Fsp3) is 0.316. The highest BCUT2D eigenvalue weighted by Gasteiger charge is 2.19. The Balaban J connectivity index is 1.90. The number of carbonyl (C=O) groups excluding carboxylic acids is 3. The minimum atomic E-state index is -0.766. The van der Waals surface area contributed by atoms with Gasteiger partial charge in [-0.1, -0.05) is 12.1 Å². The first-order chi connectivity index (χ1) is 12.3. The molecule has 0 bridgehead atoms. The summed E-state index contributed by atoms with van der Waals surface area (Å²) in [6.07, 6.45) is 0.280. The number of likely N-dealkylation sites (N-methyl/N-ethyl adjacent to an activating group) is 1. The monoisotopic (exact) mass is 357 g/mol. The van der Waals surface area contributed by atoms with Crippen LogP contribution in [-0.4, -0.2) is 36.7 Å². The van der Waals surface area contributed by atoms with Gasteiger partial charge in [-0.2, -0.15) is 0 Å². The molecule has 0 saturated carbocycles. The third-order valence-electron chi connectivity index (χ3n) is 3.81. The molecule has 26 heavy (non-hydrogen) atoms. The van der Waals surface area contributed by atoms with E-state index in [4.69, 9.17) is 4.42 Å². The molecule has 0 aliphatic carbocycles. The number of aryl methyl sites for hydroxylation is 1. The van der Waals surface area contributed by atoms with Crippen molar-refractivity contribution in [3.8, 4) is 0 Å². The second kappa shape index (κ2) is 8.33. The summed E-state index contributed by atoms with van der Waals surface area (Å²) >= 11 is 0. The number of nitrogens with zero attached hydrogens (tertiary/aromatic N) is 1. The molecule has 1 aromatic carbocycles. The van der Waals surface area contributed by atoms with Crippen LogP contribution in [0.2, 0.25) is 0 Å². The molecule has 2 N–H and O–H groups in total. The first-order valence-electron chi connectivity index (χ1n) is 8.23. The van der Waals surface area contributed by atoms with E-state index >= 15 is 0 Å². The van der Waals surface area contributed by atoms with Crippen LogP contribution in [0.5, 0.6) is 0 Å². The second-order valence-electron chi connectivity index (χ2n) is 6.26. The molecule has 0 saturated heterocycles. The number of hydrogen-bond donors (Lipinski definition) is 2. The van der Waals surface area contributed by atoms with Gasteiger partial charge in [-0.25, -0.2) is 0 Å². The van der Waals surface area contributed by atoms with E-state index in [2.05, 4.69) is 10.6 Å². The molecule has 1 heterocycles. The highest BCUT2D eigenvalue weighted by molar-refractivity contribution is 6.39. The van der Waals surface area contributed by atoms with Crippen LogP contribution >= 0.6 is 0 Å². The average Bonchev–Trinajstić information content (AvgIpc) is 3.03. The maximum Gasteiger partial charge on any atom is 0.313 e. The molecule has 0 radical (unpaired) electrons. The predicted octanol–water partition coefficient (Wildman–Crippen LogP) is 2.03. The quantitative estimate of drug-likeness (QED) is 0.801. The van der Waals surface area contributed by atoms with E-state index in [1.54, 1.807) is 64.3 Å². The maximum absolute atomic E-state index is 12.0. The fourth-order valence-corrected chi connectivity index (χ4v) is 2.25. The molecule has 1 atom stereocenters. The van der Waals surface area contributed by atoms with Gasteiger partial charge in [0.25, 0.3) is 0 Å². The SMILES string of the molecule is Cc1ccc([C@H](C)NC(=O)C(=O)Nc2ccc(CC(=O)N(C)C)cc2)o1. The second-order valence-corrected chi connectivity index (χ2v) is 6.26. The molecule has 7 heteroatoms. The number of carbonyl (C=O) groups is 3. The first kappa shape index (κ1) is 19.2. The number of hydrogen-bond acceptors (Lipinski definition) is 4. The van der Waals surface area contributed by atoms with Crippen molar-refractivity contribution >= 4 is 23.4 Å². The average molecular weight is 357 g/mol. The summed E-state index contributed by atoms with van der Waals surface area (Å²) in [4.78, 5) is 37.2. The van der Waals surface area contributed by atoms with Gasteiger partial charge in [0.05, 0.1) is 12.5 Å². The maximum atomic E-state index is 12.0. The van der Waals surface area contributed by atoms with E-state index in [1.807, 2.05) is 0 Å². The van der Waals surface area contributed by atoms with E-state index in [9.17, 15) is 14.4 Å². The standard InChI is InChI=1S/C19H23N3O4/c1-12-5-10-16(26-12)13(2)20-18(24)19(25)21-15-8-6-14(7-9-15)11-17(23)22(3)4/h5-10,13H,11H2,1-4H3,(H,20,24)(H,21,25)/t13-/m0/s1. The number of nitrogens with one attached hydrogen (secondary N) is 2. The molecular formula is C19H23N3O4. The summed E-state index contributed by atoms with van der Waals surface area (Å²) in [6, 6.07) is 9.92. The Labute approximate surface area is 152 Å². The minimum Gasteiger partial charge on any atom is -0.464 e. The predicted molar refractivity (Wildman–Crippen MR) is 97.5 cm³/mol. The summed E-state index contributed by atoms with van der Waals surface area (Å²) in [6.45, 7) is 3.54. The highest BCUT2D eigenvalue weighted by atomic mass is 16.3. The topological polar surface area (TPSA) is 91.7 Å². The zero-order valence-corrected chi connectivity index (χ0v) is 15.3. The van der Waals surface area contributed by atoms with Gasteiger partial charge in [-0.15, -0.1) is 0 Å². The van der Waals surface area contributed by atoms with Crippen molar-refractivity contribution in [2.75, 3.05) is 19.4 Å². The lowest BCUT2D eigenvalue weighted by molar-refractivity contribution is -0.136. The van der Waals surface area contributed by atoms with Crippen molar-refractivity contribution in [2.24, 2.45) is 0 Å². The molecule has 1 aromatic heterocycles. The molecule has 0 aliphatic rings. The van der Waals surface area contributed by atoms with Gasteiger partial charge in [-0.3, -0.25) is 14.4 Å². The molecule has 0 aliphatic heterocycles.